The third-order valence-electron chi connectivity index (χ3n) is 5.20. The molecule has 3 heterocycles. The van der Waals surface area contributed by atoms with Gasteiger partial charge in [-0.1, -0.05) is 6.42 Å². The minimum atomic E-state index is 0.539. The predicted octanol–water partition coefficient (Wildman–Crippen LogP) is 1.16. The van der Waals surface area contributed by atoms with Crippen LogP contribution in [-0.4, -0.2) is 71.2 Å². The summed E-state index contributed by atoms with van der Waals surface area (Å²) in [5.74, 6) is 2.59. The summed E-state index contributed by atoms with van der Waals surface area (Å²) in [6.45, 7) is 3.78. The maximum atomic E-state index is 5.15. The average molecular weight is 316 g/mol. The fourth-order valence-electron chi connectivity index (χ4n) is 3.22. The summed E-state index contributed by atoms with van der Waals surface area (Å²) in [5, 5.41) is 13.4. The highest BCUT2D eigenvalue weighted by atomic mass is 16.5. The molecule has 1 aliphatic carbocycles. The first-order valence-electron chi connectivity index (χ1n) is 8.43. The zero-order valence-corrected chi connectivity index (χ0v) is 13.9. The number of methoxy groups -OCH3 is 1. The first-order chi connectivity index (χ1) is 11.3. The zero-order chi connectivity index (χ0) is 15.8. The van der Waals surface area contributed by atoms with Crippen molar-refractivity contribution in [3.63, 3.8) is 0 Å². The molecule has 23 heavy (non-hydrogen) atoms. The van der Waals surface area contributed by atoms with Gasteiger partial charge in [-0.2, -0.15) is 4.52 Å². The van der Waals surface area contributed by atoms with E-state index in [1.54, 1.807) is 7.11 Å². The summed E-state index contributed by atoms with van der Waals surface area (Å²) in [7, 11) is 3.91. The number of ether oxygens (including phenoxy) is 1. The summed E-state index contributed by atoms with van der Waals surface area (Å²) in [5.41, 5.74) is 0.852. The van der Waals surface area contributed by atoms with Gasteiger partial charge in [-0.25, -0.2) is 0 Å². The Bertz CT molecular complexity index is 676. The number of anilines is 1. The van der Waals surface area contributed by atoms with E-state index in [9.17, 15) is 0 Å². The molecule has 0 atom stereocenters. The molecule has 2 aromatic rings. The van der Waals surface area contributed by atoms with E-state index >= 15 is 0 Å². The lowest BCUT2D eigenvalue weighted by atomic mass is 9.85. The molecule has 0 bridgehead atoms. The van der Waals surface area contributed by atoms with E-state index in [-0.39, 0.29) is 0 Å². The van der Waals surface area contributed by atoms with E-state index in [4.69, 9.17) is 9.84 Å². The molecule has 124 valence electrons. The highest BCUT2D eigenvalue weighted by Crippen LogP contribution is 2.35. The molecular formula is C16H24N6O. The van der Waals surface area contributed by atoms with Gasteiger partial charge in [-0.05, 0) is 32.0 Å². The molecular weight excluding hydrogens is 292 g/mol. The molecule has 1 saturated carbocycles. The molecule has 2 aliphatic rings. The van der Waals surface area contributed by atoms with Gasteiger partial charge in [0.05, 0.1) is 6.61 Å². The maximum Gasteiger partial charge on any atom is 0.178 e. The van der Waals surface area contributed by atoms with Crippen molar-refractivity contribution in [2.24, 2.45) is 0 Å². The van der Waals surface area contributed by atoms with Crippen LogP contribution in [0.4, 0.5) is 5.82 Å². The van der Waals surface area contributed by atoms with E-state index in [1.807, 2.05) is 10.6 Å². The average Bonchev–Trinajstić information content (AvgIpc) is 2.85. The number of aromatic nitrogens is 4. The second-order valence-corrected chi connectivity index (χ2v) is 6.68. The van der Waals surface area contributed by atoms with E-state index in [1.165, 1.54) is 19.3 Å². The SMILES string of the molecule is COCCN(C)C1CN(c2ccc3nnc(C4CCC4)n3n2)C1. The van der Waals surface area contributed by atoms with Gasteiger partial charge in [0.25, 0.3) is 0 Å². The third-order valence-corrected chi connectivity index (χ3v) is 5.20. The highest BCUT2D eigenvalue weighted by Gasteiger charge is 2.31. The Morgan fingerprint density at radius 3 is 2.78 bits per heavy atom. The van der Waals surface area contributed by atoms with Crippen LogP contribution in [0.1, 0.15) is 31.0 Å². The largest absolute Gasteiger partial charge is 0.383 e. The lowest BCUT2D eigenvalue weighted by Gasteiger charge is -2.44. The molecule has 2 fully saturated rings. The molecule has 7 nitrogen and oxygen atoms in total. The van der Waals surface area contributed by atoms with Crippen LogP contribution in [0.25, 0.3) is 5.65 Å². The Balaban J connectivity index is 1.46. The fourth-order valence-corrected chi connectivity index (χ4v) is 3.22. The lowest BCUT2D eigenvalue weighted by molar-refractivity contribution is 0.127. The van der Waals surface area contributed by atoms with E-state index in [0.717, 1.165) is 43.5 Å². The predicted molar refractivity (Wildman–Crippen MR) is 87.9 cm³/mol. The highest BCUT2D eigenvalue weighted by molar-refractivity contribution is 5.48. The van der Waals surface area contributed by atoms with Crippen molar-refractivity contribution in [2.45, 2.75) is 31.2 Å². The molecule has 1 saturated heterocycles. The van der Waals surface area contributed by atoms with Crippen LogP contribution in [0, 0.1) is 0 Å². The number of hydrogen-bond donors (Lipinski definition) is 0. The third kappa shape index (κ3) is 2.68. The van der Waals surface area contributed by atoms with Gasteiger partial charge in [0.2, 0.25) is 0 Å². The second kappa shape index (κ2) is 6.05. The van der Waals surface area contributed by atoms with Crippen LogP contribution in [-0.2, 0) is 4.74 Å². The van der Waals surface area contributed by atoms with E-state index in [0.29, 0.717) is 12.0 Å². The Labute approximate surface area is 136 Å². The standard InChI is InChI=1S/C16H24N6O/c1-20(8-9-23-2)13-10-21(11-13)15-7-6-14-17-18-16(22(14)19-15)12-4-3-5-12/h6-7,12-13H,3-5,8-11H2,1-2H3. The van der Waals surface area contributed by atoms with Gasteiger partial charge in [0, 0.05) is 38.7 Å². The van der Waals surface area contributed by atoms with Crippen LogP contribution < -0.4 is 4.90 Å². The van der Waals surface area contributed by atoms with Crippen LogP contribution in [0.15, 0.2) is 12.1 Å². The molecule has 0 N–H and O–H groups in total. The van der Waals surface area contributed by atoms with Crippen molar-refractivity contribution < 1.29 is 4.74 Å². The second-order valence-electron chi connectivity index (χ2n) is 6.68. The first-order valence-corrected chi connectivity index (χ1v) is 8.43. The minimum Gasteiger partial charge on any atom is -0.383 e. The Morgan fingerprint density at radius 2 is 2.09 bits per heavy atom. The maximum absolute atomic E-state index is 5.15. The number of hydrogen-bond acceptors (Lipinski definition) is 6. The summed E-state index contributed by atoms with van der Waals surface area (Å²) < 4.78 is 7.09. The van der Waals surface area contributed by atoms with Crippen molar-refractivity contribution in [3.8, 4) is 0 Å². The molecule has 0 amide bonds. The van der Waals surface area contributed by atoms with Gasteiger partial charge in [-0.15, -0.1) is 15.3 Å². The molecule has 1 aliphatic heterocycles. The number of fused-ring (bicyclic) bond motifs is 1. The zero-order valence-electron chi connectivity index (χ0n) is 13.9. The van der Waals surface area contributed by atoms with Crippen LogP contribution in [0.5, 0.6) is 0 Å². The molecule has 4 rings (SSSR count). The Hall–Kier alpha value is -1.73. The van der Waals surface area contributed by atoms with Crippen LogP contribution >= 0.6 is 0 Å². The van der Waals surface area contributed by atoms with Crippen LogP contribution in [0.3, 0.4) is 0 Å². The minimum absolute atomic E-state index is 0.539. The number of likely N-dealkylation sites (N-methyl/N-ethyl adjacent to an activating group) is 1. The molecule has 0 spiro atoms. The summed E-state index contributed by atoms with van der Waals surface area (Å²) in [6.07, 6.45) is 3.71. The molecule has 7 heteroatoms. The Morgan fingerprint density at radius 1 is 1.26 bits per heavy atom. The van der Waals surface area contributed by atoms with Crippen molar-refractivity contribution in [3.05, 3.63) is 18.0 Å². The molecule has 0 unspecified atom stereocenters. The summed E-state index contributed by atoms with van der Waals surface area (Å²) in [6, 6.07) is 4.66. The number of rotatable bonds is 6. The normalized spacial score (nSPS) is 19.3. The van der Waals surface area contributed by atoms with Crippen molar-refractivity contribution in [1.82, 2.24) is 24.7 Å². The van der Waals surface area contributed by atoms with Crippen molar-refractivity contribution >= 4 is 11.5 Å². The van der Waals surface area contributed by atoms with Crippen molar-refractivity contribution in [2.75, 3.05) is 45.3 Å². The van der Waals surface area contributed by atoms with Gasteiger partial charge in [-0.3, -0.25) is 4.90 Å². The van der Waals surface area contributed by atoms with Crippen LogP contribution in [0.2, 0.25) is 0 Å². The van der Waals surface area contributed by atoms with Gasteiger partial charge < -0.3 is 9.64 Å². The fraction of sp³-hybridized carbons (Fsp3) is 0.688. The lowest BCUT2D eigenvalue weighted by Crippen LogP contribution is -2.59. The number of nitrogens with zero attached hydrogens (tertiary/aromatic N) is 6. The first kappa shape index (κ1) is 14.8. The topological polar surface area (TPSA) is 58.8 Å². The molecule has 0 radical (unpaired) electrons. The van der Waals surface area contributed by atoms with Gasteiger partial charge in [0.15, 0.2) is 11.5 Å². The van der Waals surface area contributed by atoms with Crippen molar-refractivity contribution in [1.29, 1.82) is 0 Å². The molecule has 2 aromatic heterocycles. The quantitative estimate of drug-likeness (QED) is 0.797. The van der Waals surface area contributed by atoms with Gasteiger partial charge in [0.1, 0.15) is 5.82 Å². The summed E-state index contributed by atoms with van der Waals surface area (Å²) in [4.78, 5) is 4.68. The summed E-state index contributed by atoms with van der Waals surface area (Å²) >= 11 is 0. The molecule has 0 aromatic carbocycles. The smallest absolute Gasteiger partial charge is 0.178 e. The monoisotopic (exact) mass is 316 g/mol. The Kier molecular flexibility index (Phi) is 3.90. The van der Waals surface area contributed by atoms with Gasteiger partial charge >= 0.3 is 0 Å². The van der Waals surface area contributed by atoms with E-state index in [2.05, 4.69) is 33.1 Å². The van der Waals surface area contributed by atoms with E-state index < -0.39 is 0 Å².